The molecule has 5 heteroatoms. The minimum Gasteiger partial charge on any atom is -0.313 e. The molecule has 2 heterocycles. The van der Waals surface area contributed by atoms with E-state index in [1.165, 1.54) is 11.0 Å². The Labute approximate surface area is 157 Å². The van der Waals surface area contributed by atoms with Crippen molar-refractivity contribution in [3.8, 4) is 6.07 Å². The molecule has 1 amide bonds. The second kappa shape index (κ2) is 7.15. The molecule has 0 aromatic carbocycles. The summed E-state index contributed by atoms with van der Waals surface area (Å²) in [5.41, 5.74) is 2.07. The molecule has 3 nitrogen and oxygen atoms in total. The Balaban J connectivity index is 1.78. The van der Waals surface area contributed by atoms with Gasteiger partial charge < -0.3 is 5.32 Å². The summed E-state index contributed by atoms with van der Waals surface area (Å²) in [6, 6.07) is 6.22. The summed E-state index contributed by atoms with van der Waals surface area (Å²) in [5, 5.41) is 15.2. The molecule has 0 saturated carbocycles. The van der Waals surface area contributed by atoms with Crippen molar-refractivity contribution in [3.63, 3.8) is 0 Å². The smallest absolute Gasteiger partial charge is 0.249 e. The van der Waals surface area contributed by atoms with E-state index in [0.29, 0.717) is 16.5 Å². The van der Waals surface area contributed by atoms with Crippen LogP contribution in [0.5, 0.6) is 0 Å². The summed E-state index contributed by atoms with van der Waals surface area (Å²) in [5.74, 6) is 0.434. The molecule has 2 aromatic rings. The zero-order valence-electron chi connectivity index (χ0n) is 14.8. The number of hydrogen-bond acceptors (Lipinski definition) is 4. The number of anilines is 1. The topological polar surface area (TPSA) is 52.9 Å². The number of fused-ring (bicyclic) bond motifs is 1. The average molecular weight is 371 g/mol. The van der Waals surface area contributed by atoms with Gasteiger partial charge in [0.1, 0.15) is 11.1 Å². The lowest BCUT2D eigenvalue weighted by Crippen LogP contribution is -2.26. The van der Waals surface area contributed by atoms with Gasteiger partial charge in [0.05, 0.1) is 5.56 Å². The molecule has 1 unspecified atom stereocenters. The first kappa shape index (κ1) is 17.9. The lowest BCUT2D eigenvalue weighted by atomic mass is 9.72. The largest absolute Gasteiger partial charge is 0.313 e. The van der Waals surface area contributed by atoms with Crippen LogP contribution in [0.15, 0.2) is 23.6 Å². The Bertz CT molecular complexity index is 832. The predicted molar refractivity (Wildman–Crippen MR) is 106 cm³/mol. The molecule has 130 valence electrons. The van der Waals surface area contributed by atoms with Crippen LogP contribution in [-0.4, -0.2) is 5.91 Å². The first-order valence-corrected chi connectivity index (χ1v) is 10.2. The average Bonchev–Trinajstić information content (AvgIpc) is 3.18. The van der Waals surface area contributed by atoms with E-state index in [1.54, 1.807) is 28.7 Å². The van der Waals surface area contributed by atoms with E-state index in [9.17, 15) is 10.1 Å². The Kier molecular flexibility index (Phi) is 5.12. The van der Waals surface area contributed by atoms with Gasteiger partial charge in [0.2, 0.25) is 5.91 Å². The fourth-order valence-electron chi connectivity index (χ4n) is 3.23. The van der Waals surface area contributed by atoms with E-state index in [4.69, 9.17) is 0 Å². The first-order chi connectivity index (χ1) is 11.9. The molecule has 1 aliphatic carbocycles. The number of carbonyl (C=O) groups excluding carboxylic acids is 1. The Morgan fingerprint density at radius 2 is 2.24 bits per heavy atom. The lowest BCUT2D eigenvalue weighted by Gasteiger charge is -2.33. The van der Waals surface area contributed by atoms with Crippen LogP contribution in [0.4, 0.5) is 5.00 Å². The second-order valence-electron chi connectivity index (χ2n) is 7.46. The number of amides is 1. The van der Waals surface area contributed by atoms with Crippen LogP contribution in [0.2, 0.25) is 0 Å². The van der Waals surface area contributed by atoms with Gasteiger partial charge in [0.25, 0.3) is 0 Å². The van der Waals surface area contributed by atoms with Crippen LogP contribution < -0.4 is 5.32 Å². The number of nitrogens with zero attached hydrogens (tertiary/aromatic N) is 1. The number of rotatable bonds is 3. The minimum atomic E-state index is -0.184. The van der Waals surface area contributed by atoms with Gasteiger partial charge in [-0.2, -0.15) is 5.26 Å². The van der Waals surface area contributed by atoms with Gasteiger partial charge in [-0.3, -0.25) is 4.79 Å². The molecule has 2 aromatic heterocycles. The monoisotopic (exact) mass is 370 g/mol. The molecule has 1 aliphatic rings. The van der Waals surface area contributed by atoms with E-state index in [1.807, 2.05) is 17.5 Å². The summed E-state index contributed by atoms with van der Waals surface area (Å²) >= 11 is 3.16. The van der Waals surface area contributed by atoms with Crippen molar-refractivity contribution in [3.05, 3.63) is 44.5 Å². The van der Waals surface area contributed by atoms with E-state index in [2.05, 4.69) is 32.2 Å². The quantitative estimate of drug-likeness (QED) is 0.727. The summed E-state index contributed by atoms with van der Waals surface area (Å²) in [4.78, 5) is 14.5. The van der Waals surface area contributed by atoms with Crippen LogP contribution in [0.1, 0.15) is 48.1 Å². The zero-order chi connectivity index (χ0) is 18.0. The molecule has 3 rings (SSSR count). The van der Waals surface area contributed by atoms with Gasteiger partial charge in [-0.15, -0.1) is 22.7 Å². The summed E-state index contributed by atoms with van der Waals surface area (Å²) in [6.45, 7) is 6.83. The van der Waals surface area contributed by atoms with Crippen LogP contribution in [0, 0.1) is 22.7 Å². The van der Waals surface area contributed by atoms with E-state index < -0.39 is 0 Å². The van der Waals surface area contributed by atoms with Crippen molar-refractivity contribution < 1.29 is 4.79 Å². The highest BCUT2D eigenvalue weighted by Gasteiger charge is 2.32. The number of thiophene rings is 2. The van der Waals surface area contributed by atoms with Crippen LogP contribution >= 0.6 is 22.7 Å². The van der Waals surface area contributed by atoms with Gasteiger partial charge in [0.15, 0.2) is 0 Å². The summed E-state index contributed by atoms with van der Waals surface area (Å²) in [7, 11) is 0. The van der Waals surface area contributed by atoms with Crippen molar-refractivity contribution in [1.82, 2.24) is 0 Å². The van der Waals surface area contributed by atoms with Gasteiger partial charge in [-0.25, -0.2) is 0 Å². The number of hydrogen-bond donors (Lipinski definition) is 1. The van der Waals surface area contributed by atoms with Crippen LogP contribution in [0.3, 0.4) is 0 Å². The molecule has 0 radical (unpaired) electrons. The summed E-state index contributed by atoms with van der Waals surface area (Å²) < 4.78 is 0. The molecule has 0 bridgehead atoms. The molecule has 25 heavy (non-hydrogen) atoms. The van der Waals surface area contributed by atoms with E-state index in [0.717, 1.165) is 29.7 Å². The first-order valence-electron chi connectivity index (χ1n) is 8.45. The standard InChI is InChI=1S/C20H22N2OS2/c1-20(2,3)13-6-8-15-16(12-21)19(25-17(15)11-13)22-18(23)9-7-14-5-4-10-24-14/h4-5,7,9-10,13H,6,8,11H2,1-3H3,(H,22,23). The summed E-state index contributed by atoms with van der Waals surface area (Å²) in [6.07, 6.45) is 6.36. The number of nitrogens with one attached hydrogen (secondary N) is 1. The van der Waals surface area contributed by atoms with Crippen molar-refractivity contribution in [2.75, 3.05) is 5.32 Å². The third-order valence-corrected chi connectivity index (χ3v) is 6.79. The molecule has 1 N–H and O–H groups in total. The Morgan fingerprint density at radius 1 is 1.44 bits per heavy atom. The van der Waals surface area contributed by atoms with Gasteiger partial charge in [-0.1, -0.05) is 26.8 Å². The van der Waals surface area contributed by atoms with Crippen LogP contribution in [0.25, 0.3) is 6.08 Å². The molecule has 0 saturated heterocycles. The lowest BCUT2D eigenvalue weighted by molar-refractivity contribution is -0.111. The highest BCUT2D eigenvalue weighted by Crippen LogP contribution is 2.43. The molecule has 0 aliphatic heterocycles. The molecular weight excluding hydrogens is 348 g/mol. The molecule has 1 atom stereocenters. The molecule has 0 fully saturated rings. The van der Waals surface area contributed by atoms with Crippen molar-refractivity contribution in [2.45, 2.75) is 40.0 Å². The maximum atomic E-state index is 12.2. The predicted octanol–water partition coefficient (Wildman–Crippen LogP) is 5.48. The third kappa shape index (κ3) is 4.02. The second-order valence-corrected chi connectivity index (χ2v) is 9.55. The Hall–Kier alpha value is -1.90. The highest BCUT2D eigenvalue weighted by molar-refractivity contribution is 7.16. The molecule has 0 spiro atoms. The maximum absolute atomic E-state index is 12.2. The van der Waals surface area contributed by atoms with Gasteiger partial charge in [-0.05, 0) is 53.7 Å². The number of carbonyl (C=O) groups is 1. The van der Waals surface area contributed by atoms with Crippen LogP contribution in [-0.2, 0) is 17.6 Å². The Morgan fingerprint density at radius 3 is 2.88 bits per heavy atom. The van der Waals surface area contributed by atoms with Crippen molar-refractivity contribution >= 4 is 39.7 Å². The minimum absolute atomic E-state index is 0.184. The van der Waals surface area contributed by atoms with Crippen molar-refractivity contribution in [2.24, 2.45) is 11.3 Å². The fourth-order valence-corrected chi connectivity index (χ4v) is 5.13. The highest BCUT2D eigenvalue weighted by atomic mass is 32.1. The van der Waals surface area contributed by atoms with Gasteiger partial charge in [0, 0.05) is 15.8 Å². The normalized spacial score (nSPS) is 17.3. The SMILES string of the molecule is CC(C)(C)C1CCc2c(sc(NC(=O)C=Cc3cccs3)c2C#N)C1. The third-order valence-electron chi connectivity index (χ3n) is 4.78. The van der Waals surface area contributed by atoms with Crippen molar-refractivity contribution in [1.29, 1.82) is 5.26 Å². The van der Waals surface area contributed by atoms with Gasteiger partial charge >= 0.3 is 0 Å². The number of nitriles is 1. The maximum Gasteiger partial charge on any atom is 0.249 e. The fraction of sp³-hybridized carbons (Fsp3) is 0.400. The van der Waals surface area contributed by atoms with E-state index in [-0.39, 0.29) is 11.3 Å². The zero-order valence-corrected chi connectivity index (χ0v) is 16.4. The van der Waals surface area contributed by atoms with E-state index >= 15 is 0 Å². The molecular formula is C20H22N2OS2.